The van der Waals surface area contributed by atoms with Crippen molar-refractivity contribution >= 4 is 0 Å². The molecule has 8 heavy (non-hydrogen) atoms. The maximum absolute atomic E-state index is 3.66. The van der Waals surface area contributed by atoms with Crippen LogP contribution < -0.4 is 5.32 Å². The van der Waals surface area contributed by atoms with Crippen molar-refractivity contribution in [3.63, 3.8) is 0 Å². The molecule has 0 spiro atoms. The molecule has 0 aromatic carbocycles. The third-order valence-electron chi connectivity index (χ3n) is 1.35. The van der Waals surface area contributed by atoms with Crippen molar-refractivity contribution in [2.75, 3.05) is 7.05 Å². The van der Waals surface area contributed by atoms with Gasteiger partial charge in [-0.2, -0.15) is 0 Å². The highest BCUT2D eigenvalue weighted by Gasteiger charge is 1.96. The third-order valence-corrected chi connectivity index (χ3v) is 1.35. The Balaban J connectivity index is 3.20. The second-order valence-corrected chi connectivity index (χ2v) is 1.92. The van der Waals surface area contributed by atoms with Crippen LogP contribution in [0.2, 0.25) is 0 Å². The van der Waals surface area contributed by atoms with Crippen molar-refractivity contribution in [2.24, 2.45) is 0 Å². The molecule has 0 aliphatic rings. The fourth-order valence-corrected chi connectivity index (χ4v) is 0.690. The quantitative estimate of drug-likeness (QED) is 0.545. The van der Waals surface area contributed by atoms with Crippen LogP contribution in [0.3, 0.4) is 0 Å². The summed E-state index contributed by atoms with van der Waals surface area (Å²) in [6, 6.07) is 0.632. The van der Waals surface area contributed by atoms with Gasteiger partial charge in [0.05, 0.1) is 0 Å². The molecule has 0 bridgehead atoms. The molecular formula is C7H15N. The normalized spacial score (nSPS) is 13.2. The van der Waals surface area contributed by atoms with Crippen LogP contribution in [-0.2, 0) is 0 Å². The van der Waals surface area contributed by atoms with Crippen molar-refractivity contribution < 1.29 is 0 Å². The number of hydrogen-bond acceptors (Lipinski definition) is 1. The highest BCUT2D eigenvalue weighted by atomic mass is 14.9. The zero-order chi connectivity index (χ0) is 6.41. The molecule has 0 unspecified atom stereocenters. The molecule has 0 heterocycles. The first kappa shape index (κ1) is 7.70. The van der Waals surface area contributed by atoms with Gasteiger partial charge in [-0.3, -0.25) is 0 Å². The molecule has 0 saturated carbocycles. The summed E-state index contributed by atoms with van der Waals surface area (Å²) in [5.41, 5.74) is 0. The highest BCUT2D eigenvalue weighted by molar-refractivity contribution is 4.75. The van der Waals surface area contributed by atoms with E-state index in [-0.39, 0.29) is 0 Å². The van der Waals surface area contributed by atoms with Gasteiger partial charge in [-0.25, -0.2) is 0 Å². The van der Waals surface area contributed by atoms with Crippen molar-refractivity contribution in [2.45, 2.75) is 25.8 Å². The minimum Gasteiger partial charge on any atom is -0.317 e. The largest absolute Gasteiger partial charge is 0.317 e. The average molecular weight is 113 g/mol. The molecule has 0 aliphatic carbocycles. The van der Waals surface area contributed by atoms with Crippen molar-refractivity contribution in [1.29, 1.82) is 0 Å². The molecule has 0 fully saturated rings. The Kier molecular flexibility index (Phi) is 4.67. The second kappa shape index (κ2) is 4.85. The van der Waals surface area contributed by atoms with E-state index in [9.17, 15) is 0 Å². The van der Waals surface area contributed by atoms with Crippen LogP contribution in [0.25, 0.3) is 0 Å². The monoisotopic (exact) mass is 113 g/mol. The van der Waals surface area contributed by atoms with Gasteiger partial charge in [0.1, 0.15) is 0 Å². The fraction of sp³-hybridized carbons (Fsp3) is 0.714. The lowest BCUT2D eigenvalue weighted by Gasteiger charge is -2.08. The Morgan fingerprint density at radius 2 is 2.38 bits per heavy atom. The lowest BCUT2D eigenvalue weighted by Crippen LogP contribution is -2.22. The fourth-order valence-electron chi connectivity index (χ4n) is 0.690. The summed E-state index contributed by atoms with van der Waals surface area (Å²) in [6.07, 6.45) is 4.21. The Bertz CT molecular complexity index is 55.4. The molecule has 48 valence electrons. The molecule has 1 heteroatoms. The minimum atomic E-state index is 0.632. The van der Waals surface area contributed by atoms with E-state index in [1.807, 2.05) is 13.1 Å². The summed E-state index contributed by atoms with van der Waals surface area (Å²) in [6.45, 7) is 5.83. The van der Waals surface area contributed by atoms with E-state index in [2.05, 4.69) is 18.8 Å². The van der Waals surface area contributed by atoms with Gasteiger partial charge in [0, 0.05) is 6.04 Å². The summed E-state index contributed by atoms with van der Waals surface area (Å²) < 4.78 is 0. The summed E-state index contributed by atoms with van der Waals surface area (Å²) in [5.74, 6) is 0. The minimum absolute atomic E-state index is 0.632. The Hall–Kier alpha value is -0.300. The first-order chi connectivity index (χ1) is 3.85. The number of nitrogens with one attached hydrogen (secondary N) is 1. The van der Waals surface area contributed by atoms with E-state index in [1.165, 1.54) is 6.42 Å². The molecule has 0 aliphatic heterocycles. The van der Waals surface area contributed by atoms with E-state index in [1.54, 1.807) is 0 Å². The predicted octanol–water partition coefficient (Wildman–Crippen LogP) is 1.56. The number of rotatable bonds is 4. The van der Waals surface area contributed by atoms with Crippen molar-refractivity contribution in [3.05, 3.63) is 12.7 Å². The molecule has 0 radical (unpaired) electrons. The van der Waals surface area contributed by atoms with Crippen LogP contribution in [0.4, 0.5) is 0 Å². The molecule has 0 aromatic heterocycles. The smallest absolute Gasteiger partial charge is 0.00958 e. The molecular weight excluding hydrogens is 98.1 g/mol. The Morgan fingerprint density at radius 1 is 1.75 bits per heavy atom. The second-order valence-electron chi connectivity index (χ2n) is 1.92. The number of hydrogen-bond donors (Lipinski definition) is 1. The van der Waals surface area contributed by atoms with E-state index in [0.29, 0.717) is 6.04 Å². The average Bonchev–Trinajstić information content (AvgIpc) is 1.83. The first-order valence-electron chi connectivity index (χ1n) is 3.13. The van der Waals surface area contributed by atoms with Crippen LogP contribution in [0.15, 0.2) is 12.7 Å². The lowest BCUT2D eigenvalue weighted by atomic mass is 10.1. The molecule has 0 rings (SSSR count). The zero-order valence-corrected chi connectivity index (χ0v) is 5.78. The van der Waals surface area contributed by atoms with Crippen LogP contribution in [0.1, 0.15) is 19.8 Å². The predicted molar refractivity (Wildman–Crippen MR) is 38.0 cm³/mol. The standard InChI is InChI=1S/C7H15N/c1-4-6-7(5-2)8-3/h4,7-8H,1,5-6H2,2-3H3/t7-/m1/s1. The molecule has 1 atom stereocenters. The van der Waals surface area contributed by atoms with Gasteiger partial charge >= 0.3 is 0 Å². The van der Waals surface area contributed by atoms with Gasteiger partial charge < -0.3 is 5.32 Å². The van der Waals surface area contributed by atoms with Crippen LogP contribution in [0.5, 0.6) is 0 Å². The van der Waals surface area contributed by atoms with E-state index in [4.69, 9.17) is 0 Å². The van der Waals surface area contributed by atoms with Crippen LogP contribution in [-0.4, -0.2) is 13.1 Å². The summed E-state index contributed by atoms with van der Waals surface area (Å²) >= 11 is 0. The Morgan fingerprint density at radius 3 is 2.50 bits per heavy atom. The van der Waals surface area contributed by atoms with Gasteiger partial charge in [-0.15, -0.1) is 6.58 Å². The molecule has 0 amide bonds. The lowest BCUT2D eigenvalue weighted by molar-refractivity contribution is 0.553. The topological polar surface area (TPSA) is 12.0 Å². The van der Waals surface area contributed by atoms with E-state index >= 15 is 0 Å². The van der Waals surface area contributed by atoms with Crippen molar-refractivity contribution in [1.82, 2.24) is 5.32 Å². The van der Waals surface area contributed by atoms with Gasteiger partial charge in [0.2, 0.25) is 0 Å². The molecule has 0 saturated heterocycles. The molecule has 1 N–H and O–H groups in total. The highest BCUT2D eigenvalue weighted by Crippen LogP contribution is 1.94. The Labute approximate surface area is 51.8 Å². The van der Waals surface area contributed by atoms with Gasteiger partial charge in [-0.1, -0.05) is 13.0 Å². The summed E-state index contributed by atoms with van der Waals surface area (Å²) in [5, 5.41) is 3.18. The first-order valence-corrected chi connectivity index (χ1v) is 3.13. The van der Waals surface area contributed by atoms with E-state index in [0.717, 1.165) is 6.42 Å². The van der Waals surface area contributed by atoms with Crippen LogP contribution in [0, 0.1) is 0 Å². The maximum atomic E-state index is 3.66. The summed E-state index contributed by atoms with van der Waals surface area (Å²) in [7, 11) is 1.98. The van der Waals surface area contributed by atoms with Crippen LogP contribution >= 0.6 is 0 Å². The van der Waals surface area contributed by atoms with E-state index < -0.39 is 0 Å². The molecule has 0 aromatic rings. The SMILES string of the molecule is C=CC[C@@H](CC)NC. The van der Waals surface area contributed by atoms with Gasteiger partial charge in [-0.05, 0) is 19.9 Å². The third kappa shape index (κ3) is 2.80. The molecule has 1 nitrogen and oxygen atoms in total. The van der Waals surface area contributed by atoms with Gasteiger partial charge in [0.15, 0.2) is 0 Å². The van der Waals surface area contributed by atoms with Gasteiger partial charge in [0.25, 0.3) is 0 Å². The summed E-state index contributed by atoms with van der Waals surface area (Å²) in [4.78, 5) is 0. The van der Waals surface area contributed by atoms with Crippen molar-refractivity contribution in [3.8, 4) is 0 Å². The maximum Gasteiger partial charge on any atom is 0.00958 e. The zero-order valence-electron chi connectivity index (χ0n) is 5.78.